The van der Waals surface area contributed by atoms with Gasteiger partial charge in [-0.15, -0.1) is 0 Å². The molecule has 2 aliphatic heterocycles. The number of nitrogen functional groups attached to an aromatic ring is 1. The molecule has 3 aromatic rings. The van der Waals surface area contributed by atoms with Crippen molar-refractivity contribution in [1.82, 2.24) is 29.1 Å². The van der Waals surface area contributed by atoms with E-state index in [1.165, 1.54) is 0 Å². The first-order valence-electron chi connectivity index (χ1n) is 12.1. The third-order valence-electron chi connectivity index (χ3n) is 6.50. The quantitative estimate of drug-likeness (QED) is 0.0981. The number of aromatic nitrogens is 6. The van der Waals surface area contributed by atoms with Crippen molar-refractivity contribution < 1.29 is 62.2 Å². The molecule has 43 heavy (non-hydrogen) atoms. The highest BCUT2D eigenvalue weighted by atomic mass is 31.2. The van der Waals surface area contributed by atoms with Crippen LogP contribution in [0.1, 0.15) is 12.5 Å². The van der Waals surface area contributed by atoms with Crippen molar-refractivity contribution in [3.63, 3.8) is 0 Å². The van der Waals surface area contributed by atoms with Gasteiger partial charge in [0.05, 0.1) is 19.5 Å². The molecule has 0 amide bonds. The number of nitrogens with two attached hydrogens (primary N) is 1. The Hall–Kier alpha value is -2.95. The van der Waals surface area contributed by atoms with Crippen LogP contribution in [-0.2, 0) is 32.2 Å². The zero-order valence-electron chi connectivity index (χ0n) is 21.4. The highest BCUT2D eigenvalue weighted by molar-refractivity contribution is 7.47. The standard InChI is InChI=1S/C19H25N7O15P2/c20-15-10-16(22-5-21-15)26(6-23-10)18-14(12(29)8(40-18)3-37-42(32,33)34)41-43(35,36)38-4-7-11(28)13(30)17(39-7)25-2-1-9(27)24-19(25)31/h1-2,5-8,11-14,17-18,28-30H,3-4H2,(H,35,36)(H2,20,21,22)(H,24,27,31)(H2,32,33,34)/t7-,8-,11-,12-,13-,14-,17-,18-/m1/s1. The van der Waals surface area contributed by atoms with Crippen molar-refractivity contribution in [3.8, 4) is 0 Å². The molecule has 3 aromatic heterocycles. The number of nitrogens with zero attached hydrogens (tertiary/aromatic N) is 5. The summed E-state index contributed by atoms with van der Waals surface area (Å²) in [6, 6.07) is 0.969. The Morgan fingerprint density at radius 2 is 1.60 bits per heavy atom. The molecule has 1 unspecified atom stereocenters. The molecule has 2 aliphatic rings. The zero-order chi connectivity index (χ0) is 31.3. The number of phosphoric ester groups is 2. The van der Waals surface area contributed by atoms with Crippen molar-refractivity contribution in [3.05, 3.63) is 45.8 Å². The fraction of sp³-hybridized carbons (Fsp3) is 0.526. The van der Waals surface area contributed by atoms with Crippen LogP contribution in [0.15, 0.2) is 34.5 Å². The number of hydrogen-bond acceptors (Lipinski definition) is 16. The smallest absolute Gasteiger partial charge is 0.387 e. The molecule has 9 atom stereocenters. The first-order valence-corrected chi connectivity index (χ1v) is 15.1. The predicted octanol–water partition coefficient (Wildman–Crippen LogP) is -3.55. The van der Waals surface area contributed by atoms with E-state index in [0.717, 1.165) is 34.1 Å². The molecule has 0 aromatic carbocycles. The maximum atomic E-state index is 13.0. The molecule has 24 heteroatoms. The maximum absolute atomic E-state index is 13.0. The van der Waals surface area contributed by atoms with Gasteiger partial charge in [0.25, 0.3) is 5.56 Å². The first-order chi connectivity index (χ1) is 20.1. The van der Waals surface area contributed by atoms with Crippen LogP contribution in [0.4, 0.5) is 5.82 Å². The number of aliphatic hydroxyl groups excluding tert-OH is 3. The number of fused-ring (bicyclic) bond motifs is 1. The molecular weight excluding hydrogens is 628 g/mol. The van der Waals surface area contributed by atoms with Gasteiger partial charge in [-0.2, -0.15) is 0 Å². The van der Waals surface area contributed by atoms with Gasteiger partial charge in [0.1, 0.15) is 48.5 Å². The van der Waals surface area contributed by atoms with E-state index in [0.29, 0.717) is 0 Å². The van der Waals surface area contributed by atoms with Gasteiger partial charge in [-0.1, -0.05) is 0 Å². The predicted molar refractivity (Wildman–Crippen MR) is 136 cm³/mol. The molecule has 236 valence electrons. The van der Waals surface area contributed by atoms with Crippen LogP contribution < -0.4 is 17.0 Å². The number of H-pyrrole nitrogens is 1. The number of hydrogen-bond donors (Lipinski definition) is 8. The molecular formula is C19H25N7O15P2. The maximum Gasteiger partial charge on any atom is 0.472 e. The molecule has 5 rings (SSSR count). The van der Waals surface area contributed by atoms with E-state index < -0.39 is 89.2 Å². The van der Waals surface area contributed by atoms with Gasteiger partial charge in [-0.3, -0.25) is 32.5 Å². The van der Waals surface area contributed by atoms with Gasteiger partial charge in [-0.05, 0) is 0 Å². The summed E-state index contributed by atoms with van der Waals surface area (Å²) in [5, 5.41) is 31.6. The molecule has 9 N–H and O–H groups in total. The van der Waals surface area contributed by atoms with E-state index in [4.69, 9.17) is 34.0 Å². The number of rotatable bonds is 10. The number of ether oxygens (including phenoxy) is 2. The fourth-order valence-corrected chi connectivity index (χ4v) is 5.77. The molecule has 2 fully saturated rings. The number of nitrogens with one attached hydrogen (secondary N) is 1. The number of aliphatic hydroxyl groups is 3. The summed E-state index contributed by atoms with van der Waals surface area (Å²) in [7, 11) is -10.2. The summed E-state index contributed by atoms with van der Waals surface area (Å²) >= 11 is 0. The SMILES string of the molecule is Nc1ncnc2c1ncn2[C@@H]1O[C@H](COP(=O)(O)O)[C@@H](O)[C@H]1OP(=O)(O)OC[C@H]1O[C@@H](n2ccc(=O)[nH]c2=O)[C@H](O)[C@@H]1O. The lowest BCUT2D eigenvalue weighted by Crippen LogP contribution is -2.37. The molecule has 22 nitrogen and oxygen atoms in total. The third-order valence-corrected chi connectivity index (χ3v) is 7.97. The number of phosphoric acid groups is 2. The molecule has 0 saturated carbocycles. The Morgan fingerprint density at radius 3 is 2.30 bits per heavy atom. The van der Waals surface area contributed by atoms with E-state index >= 15 is 0 Å². The topological polar surface area (TPSA) is 326 Å². The molecule has 0 aliphatic carbocycles. The average Bonchev–Trinajstić information content (AvgIpc) is 3.57. The lowest BCUT2D eigenvalue weighted by Gasteiger charge is -2.25. The minimum atomic E-state index is -5.19. The fourth-order valence-electron chi connectivity index (χ4n) is 4.50. The van der Waals surface area contributed by atoms with Gasteiger partial charge in [0.15, 0.2) is 23.9 Å². The van der Waals surface area contributed by atoms with Crippen LogP contribution in [0.2, 0.25) is 0 Å². The van der Waals surface area contributed by atoms with Crippen LogP contribution in [0, 0.1) is 0 Å². The summed E-state index contributed by atoms with van der Waals surface area (Å²) in [5.41, 5.74) is 4.25. The van der Waals surface area contributed by atoms with Gasteiger partial charge in [0.2, 0.25) is 0 Å². The van der Waals surface area contributed by atoms with E-state index in [1.807, 2.05) is 4.98 Å². The second kappa shape index (κ2) is 11.9. The van der Waals surface area contributed by atoms with Crippen molar-refractivity contribution >= 4 is 32.6 Å². The molecule has 0 radical (unpaired) electrons. The van der Waals surface area contributed by atoms with Crippen LogP contribution in [0.3, 0.4) is 0 Å². The lowest BCUT2D eigenvalue weighted by atomic mass is 10.1. The van der Waals surface area contributed by atoms with Gasteiger partial charge in [0, 0.05) is 12.3 Å². The van der Waals surface area contributed by atoms with Gasteiger partial charge >= 0.3 is 21.3 Å². The second-order valence-electron chi connectivity index (χ2n) is 9.32. The van der Waals surface area contributed by atoms with Gasteiger partial charge in [-0.25, -0.2) is 28.9 Å². The summed E-state index contributed by atoms with van der Waals surface area (Å²) in [4.78, 5) is 65.8. The van der Waals surface area contributed by atoms with E-state index in [2.05, 4.69) is 19.5 Å². The Kier molecular flexibility index (Phi) is 8.68. The Labute approximate surface area is 238 Å². The zero-order valence-corrected chi connectivity index (χ0v) is 23.2. The molecule has 0 bridgehead atoms. The summed E-state index contributed by atoms with van der Waals surface area (Å²) < 4.78 is 51.8. The highest BCUT2D eigenvalue weighted by Crippen LogP contribution is 2.50. The first kappa shape index (κ1) is 31.5. The van der Waals surface area contributed by atoms with Crippen molar-refractivity contribution in [2.45, 2.75) is 49.1 Å². The lowest BCUT2D eigenvalue weighted by molar-refractivity contribution is -0.0634. The van der Waals surface area contributed by atoms with Crippen molar-refractivity contribution in [2.24, 2.45) is 0 Å². The molecule has 2 saturated heterocycles. The second-order valence-corrected chi connectivity index (χ2v) is 12.0. The van der Waals surface area contributed by atoms with Crippen LogP contribution in [0.5, 0.6) is 0 Å². The third kappa shape index (κ3) is 6.61. The van der Waals surface area contributed by atoms with Crippen LogP contribution in [0.25, 0.3) is 11.2 Å². The summed E-state index contributed by atoms with van der Waals surface area (Å²) in [6.07, 6.45) is -9.82. The Balaban J connectivity index is 1.33. The monoisotopic (exact) mass is 653 g/mol. The largest absolute Gasteiger partial charge is 0.472 e. The number of aromatic amines is 1. The van der Waals surface area contributed by atoms with E-state index in [1.54, 1.807) is 0 Å². The van der Waals surface area contributed by atoms with Gasteiger partial charge < -0.3 is 45.2 Å². The van der Waals surface area contributed by atoms with E-state index in [-0.39, 0.29) is 17.0 Å². The minimum absolute atomic E-state index is 0.0305. The number of anilines is 1. The van der Waals surface area contributed by atoms with E-state index in [9.17, 15) is 38.9 Å². The van der Waals surface area contributed by atoms with Crippen LogP contribution >= 0.6 is 15.6 Å². The minimum Gasteiger partial charge on any atom is -0.387 e. The van der Waals surface area contributed by atoms with Crippen molar-refractivity contribution in [2.75, 3.05) is 18.9 Å². The molecule has 0 spiro atoms. The summed E-state index contributed by atoms with van der Waals surface area (Å²) in [6.45, 7) is -1.74. The van der Waals surface area contributed by atoms with Crippen LogP contribution in [-0.4, -0.2) is 109 Å². The number of imidazole rings is 1. The molecule has 5 heterocycles. The highest BCUT2D eigenvalue weighted by Gasteiger charge is 2.51. The average molecular weight is 653 g/mol. The summed E-state index contributed by atoms with van der Waals surface area (Å²) in [5.74, 6) is -0.0305. The Bertz CT molecular complexity index is 1690. The van der Waals surface area contributed by atoms with Crippen molar-refractivity contribution in [1.29, 1.82) is 0 Å². The normalized spacial score (nSPS) is 31.0. The Morgan fingerprint density at radius 1 is 0.930 bits per heavy atom.